The molecule has 1 N–H and O–H groups in total. The van der Waals surface area contributed by atoms with Crippen molar-refractivity contribution in [3.05, 3.63) is 47.7 Å². The molecule has 0 aliphatic rings. The molecule has 0 saturated carbocycles. The highest BCUT2D eigenvalue weighted by Gasteiger charge is 2.33. The molecular weight excluding hydrogens is 231 g/mol. The van der Waals surface area contributed by atoms with E-state index in [1.54, 1.807) is 30.3 Å². The summed E-state index contributed by atoms with van der Waals surface area (Å²) in [5, 5.41) is 2.22. The normalized spacial score (nSPS) is 12.4. The summed E-state index contributed by atoms with van der Waals surface area (Å²) in [6.07, 6.45) is -3.98. The van der Waals surface area contributed by atoms with Crippen LogP contribution < -0.4 is 5.32 Å². The van der Waals surface area contributed by atoms with E-state index in [0.717, 1.165) is 6.92 Å². The lowest BCUT2D eigenvalue weighted by Gasteiger charge is -2.13. The van der Waals surface area contributed by atoms with E-state index < -0.39 is 17.7 Å². The molecule has 0 radical (unpaired) electrons. The van der Waals surface area contributed by atoms with Gasteiger partial charge >= 0.3 is 6.18 Å². The van der Waals surface area contributed by atoms with Crippen LogP contribution in [0.2, 0.25) is 0 Å². The van der Waals surface area contributed by atoms with Crippen molar-refractivity contribution in [2.45, 2.75) is 19.6 Å². The van der Waals surface area contributed by atoms with E-state index in [9.17, 15) is 18.0 Å². The summed E-state index contributed by atoms with van der Waals surface area (Å²) in [6.45, 7) is 1.11. The summed E-state index contributed by atoms with van der Waals surface area (Å²) >= 11 is 0. The second kappa shape index (κ2) is 5.52. The molecule has 0 aliphatic heterocycles. The molecular formula is C12H12F3NO. The quantitative estimate of drug-likeness (QED) is 0.824. The van der Waals surface area contributed by atoms with Gasteiger partial charge in [-0.3, -0.25) is 4.79 Å². The van der Waals surface area contributed by atoms with Gasteiger partial charge in [-0.25, -0.2) is 0 Å². The van der Waals surface area contributed by atoms with E-state index >= 15 is 0 Å². The first-order valence-electron chi connectivity index (χ1n) is 4.97. The number of hydrogen-bond donors (Lipinski definition) is 1. The minimum absolute atomic E-state index is 0.0272. The molecule has 0 unspecified atom stereocenters. The second-order valence-corrected chi connectivity index (χ2v) is 3.51. The average Bonchev–Trinajstić information content (AvgIpc) is 2.23. The Bertz CT molecular complexity index is 410. The summed E-state index contributed by atoms with van der Waals surface area (Å²) in [4.78, 5) is 10.7. The highest BCUT2D eigenvalue weighted by molar-refractivity contribution is 5.88. The first-order valence-corrected chi connectivity index (χ1v) is 4.97. The van der Waals surface area contributed by atoms with E-state index in [4.69, 9.17) is 0 Å². The standard InChI is InChI=1S/C12H12F3NO/c1-9(17)7-11(12(13,14)15)16-8-10-5-3-2-4-6-10/h2-7,16H,8H2,1H3/b11-7+. The first-order chi connectivity index (χ1) is 7.89. The van der Waals surface area contributed by atoms with E-state index in [1.807, 2.05) is 0 Å². The predicted octanol–water partition coefficient (Wildman–Crippen LogP) is 2.81. The van der Waals surface area contributed by atoms with Gasteiger partial charge in [0.15, 0.2) is 5.78 Å². The van der Waals surface area contributed by atoms with Crippen LogP contribution in [0.3, 0.4) is 0 Å². The van der Waals surface area contributed by atoms with Crippen LogP contribution in [0.15, 0.2) is 42.1 Å². The number of ketones is 1. The highest BCUT2D eigenvalue weighted by atomic mass is 19.4. The fourth-order valence-electron chi connectivity index (χ4n) is 1.23. The molecule has 17 heavy (non-hydrogen) atoms. The van der Waals surface area contributed by atoms with Crippen molar-refractivity contribution in [1.82, 2.24) is 5.32 Å². The molecule has 1 aromatic carbocycles. The van der Waals surface area contributed by atoms with Crippen LogP contribution in [-0.2, 0) is 11.3 Å². The van der Waals surface area contributed by atoms with Gasteiger partial charge in [0.1, 0.15) is 5.70 Å². The van der Waals surface area contributed by atoms with E-state index in [-0.39, 0.29) is 6.54 Å². The van der Waals surface area contributed by atoms with Crippen molar-refractivity contribution in [2.24, 2.45) is 0 Å². The maximum atomic E-state index is 12.5. The lowest BCUT2D eigenvalue weighted by molar-refractivity contribution is -0.115. The Hall–Kier alpha value is -1.78. The van der Waals surface area contributed by atoms with Gasteiger partial charge in [0, 0.05) is 12.6 Å². The number of nitrogens with one attached hydrogen (secondary N) is 1. The number of allylic oxidation sites excluding steroid dienone is 2. The molecule has 1 aromatic rings. The molecule has 0 fully saturated rings. The lowest BCUT2D eigenvalue weighted by atomic mass is 10.2. The van der Waals surface area contributed by atoms with Gasteiger partial charge in [0.2, 0.25) is 0 Å². The molecule has 92 valence electrons. The number of alkyl halides is 3. The van der Waals surface area contributed by atoms with Crippen LogP contribution in [0.1, 0.15) is 12.5 Å². The Morgan fingerprint density at radius 1 is 1.29 bits per heavy atom. The van der Waals surface area contributed by atoms with E-state index in [1.165, 1.54) is 0 Å². The van der Waals surface area contributed by atoms with Gasteiger partial charge in [0.25, 0.3) is 0 Å². The fraction of sp³-hybridized carbons (Fsp3) is 0.250. The van der Waals surface area contributed by atoms with Crippen molar-refractivity contribution in [1.29, 1.82) is 0 Å². The first kappa shape index (κ1) is 13.3. The summed E-state index contributed by atoms with van der Waals surface area (Å²) in [5.74, 6) is -0.641. The highest BCUT2D eigenvalue weighted by Crippen LogP contribution is 2.23. The molecule has 0 spiro atoms. The predicted molar refractivity (Wildman–Crippen MR) is 58.1 cm³/mol. The Morgan fingerprint density at radius 3 is 2.35 bits per heavy atom. The minimum atomic E-state index is -4.54. The molecule has 1 rings (SSSR count). The number of carbonyl (C=O) groups excluding carboxylic acids is 1. The van der Waals surface area contributed by atoms with Crippen LogP contribution >= 0.6 is 0 Å². The van der Waals surface area contributed by atoms with Crippen molar-refractivity contribution in [2.75, 3.05) is 0 Å². The molecule has 0 bridgehead atoms. The van der Waals surface area contributed by atoms with Gasteiger partial charge in [-0.15, -0.1) is 0 Å². The molecule has 5 heteroatoms. The van der Waals surface area contributed by atoms with Crippen LogP contribution in [0.5, 0.6) is 0 Å². The molecule has 0 amide bonds. The Kier molecular flexibility index (Phi) is 4.31. The minimum Gasteiger partial charge on any atom is -0.377 e. The lowest BCUT2D eigenvalue weighted by Crippen LogP contribution is -2.26. The largest absolute Gasteiger partial charge is 0.431 e. The summed E-state index contributed by atoms with van der Waals surface area (Å²) in [6, 6.07) is 8.65. The average molecular weight is 243 g/mol. The van der Waals surface area contributed by atoms with Crippen LogP contribution in [0, 0.1) is 0 Å². The zero-order valence-electron chi connectivity index (χ0n) is 9.21. The molecule has 0 atom stereocenters. The van der Waals surface area contributed by atoms with Crippen LogP contribution in [0.4, 0.5) is 13.2 Å². The summed E-state index contributed by atoms with van der Waals surface area (Å²) in [7, 11) is 0. The van der Waals surface area contributed by atoms with Crippen LogP contribution in [0.25, 0.3) is 0 Å². The SMILES string of the molecule is CC(=O)/C=C(/NCc1ccccc1)C(F)(F)F. The summed E-state index contributed by atoms with van der Waals surface area (Å²) in [5.41, 5.74) is -0.306. The number of hydrogen-bond acceptors (Lipinski definition) is 2. The number of carbonyl (C=O) groups is 1. The molecule has 2 nitrogen and oxygen atoms in total. The third-order valence-corrected chi connectivity index (χ3v) is 1.98. The van der Waals surface area contributed by atoms with Crippen molar-refractivity contribution >= 4 is 5.78 Å². The number of halogens is 3. The molecule has 0 aliphatic carbocycles. The third kappa shape index (κ3) is 4.72. The van der Waals surface area contributed by atoms with Crippen molar-refractivity contribution in [3.63, 3.8) is 0 Å². The van der Waals surface area contributed by atoms with Gasteiger partial charge < -0.3 is 5.32 Å². The van der Waals surface area contributed by atoms with E-state index in [2.05, 4.69) is 5.32 Å². The van der Waals surface area contributed by atoms with E-state index in [0.29, 0.717) is 11.6 Å². The molecule has 0 aromatic heterocycles. The Labute approximate surface area is 97.1 Å². The smallest absolute Gasteiger partial charge is 0.377 e. The zero-order chi connectivity index (χ0) is 12.9. The van der Waals surface area contributed by atoms with Gasteiger partial charge in [0.05, 0.1) is 0 Å². The monoisotopic (exact) mass is 243 g/mol. The molecule has 0 saturated heterocycles. The van der Waals surface area contributed by atoms with Gasteiger partial charge in [-0.1, -0.05) is 30.3 Å². The maximum absolute atomic E-state index is 12.5. The van der Waals surface area contributed by atoms with Crippen molar-refractivity contribution < 1.29 is 18.0 Å². The fourth-order valence-corrected chi connectivity index (χ4v) is 1.23. The van der Waals surface area contributed by atoms with Crippen molar-refractivity contribution in [3.8, 4) is 0 Å². The number of rotatable bonds is 4. The topological polar surface area (TPSA) is 29.1 Å². The Balaban J connectivity index is 2.73. The maximum Gasteiger partial charge on any atom is 0.431 e. The van der Waals surface area contributed by atoms with Crippen LogP contribution in [-0.4, -0.2) is 12.0 Å². The zero-order valence-corrected chi connectivity index (χ0v) is 9.21. The summed E-state index contributed by atoms with van der Waals surface area (Å²) < 4.78 is 37.5. The third-order valence-electron chi connectivity index (χ3n) is 1.98. The van der Waals surface area contributed by atoms with Gasteiger partial charge in [-0.05, 0) is 12.5 Å². The second-order valence-electron chi connectivity index (χ2n) is 3.51. The number of benzene rings is 1. The van der Waals surface area contributed by atoms with Gasteiger partial charge in [-0.2, -0.15) is 13.2 Å². The Morgan fingerprint density at radius 2 is 1.88 bits per heavy atom. The molecule has 0 heterocycles.